The van der Waals surface area contributed by atoms with Gasteiger partial charge >= 0.3 is 0 Å². The number of hydrogen-bond donors (Lipinski definition) is 1. The van der Waals surface area contributed by atoms with Gasteiger partial charge in [-0.05, 0) is 52.5 Å². The van der Waals surface area contributed by atoms with Crippen LogP contribution in [0, 0.1) is 3.57 Å². The van der Waals surface area contributed by atoms with E-state index in [1.54, 1.807) is 0 Å². The Kier molecular flexibility index (Phi) is 3.78. The van der Waals surface area contributed by atoms with Crippen LogP contribution >= 0.6 is 22.6 Å². The lowest BCUT2D eigenvalue weighted by atomic mass is 9.85. The van der Waals surface area contributed by atoms with E-state index in [-0.39, 0.29) is 11.1 Å². The quantitative estimate of drug-likeness (QED) is 0.652. The van der Waals surface area contributed by atoms with Gasteiger partial charge in [0.15, 0.2) is 5.72 Å². The van der Waals surface area contributed by atoms with Crippen molar-refractivity contribution in [2.75, 3.05) is 0 Å². The van der Waals surface area contributed by atoms with Gasteiger partial charge in [-0.2, -0.15) is 0 Å². The van der Waals surface area contributed by atoms with Crippen LogP contribution < -0.4 is 10.1 Å². The second kappa shape index (κ2) is 5.16. The number of benzene rings is 1. The van der Waals surface area contributed by atoms with E-state index in [4.69, 9.17) is 4.74 Å². The van der Waals surface area contributed by atoms with Crippen LogP contribution in [0.5, 0.6) is 5.75 Å². The van der Waals surface area contributed by atoms with Crippen LogP contribution in [-0.2, 0) is 12.0 Å². The van der Waals surface area contributed by atoms with Crippen LogP contribution in [0.1, 0.15) is 64.0 Å². The third kappa shape index (κ3) is 2.71. The Balaban J connectivity index is 1.94. The molecule has 20 heavy (non-hydrogen) atoms. The number of hydrogen-bond acceptors (Lipinski definition) is 2. The van der Waals surface area contributed by atoms with E-state index in [0.29, 0.717) is 0 Å². The molecule has 1 aliphatic carbocycles. The van der Waals surface area contributed by atoms with Crippen molar-refractivity contribution in [1.29, 1.82) is 0 Å². The largest absolute Gasteiger partial charge is 0.471 e. The zero-order chi connectivity index (χ0) is 14.4. The Morgan fingerprint density at radius 3 is 2.50 bits per heavy atom. The van der Waals surface area contributed by atoms with Crippen LogP contribution in [0.2, 0.25) is 0 Å². The second-order valence-electron chi connectivity index (χ2n) is 7.21. The molecule has 1 fully saturated rings. The summed E-state index contributed by atoms with van der Waals surface area (Å²) in [6, 6.07) is 4.61. The summed E-state index contributed by atoms with van der Waals surface area (Å²) in [7, 11) is 0. The Hall–Kier alpha value is -0.290. The number of halogens is 1. The molecule has 1 spiro atoms. The number of ether oxygens (including phenoxy) is 1. The molecule has 1 heterocycles. The van der Waals surface area contributed by atoms with Gasteiger partial charge in [-0.25, -0.2) is 0 Å². The lowest BCUT2D eigenvalue weighted by molar-refractivity contribution is -0.0178. The minimum Gasteiger partial charge on any atom is -0.471 e. The summed E-state index contributed by atoms with van der Waals surface area (Å²) in [6.07, 6.45) is 6.19. The molecule has 3 heteroatoms. The fourth-order valence-electron chi connectivity index (χ4n) is 3.22. The highest BCUT2D eigenvalue weighted by molar-refractivity contribution is 14.1. The molecular formula is C17H24INO. The topological polar surface area (TPSA) is 21.3 Å². The normalized spacial score (nSPS) is 21.4. The van der Waals surface area contributed by atoms with Crippen LogP contribution in [-0.4, -0.2) is 5.72 Å². The van der Waals surface area contributed by atoms with Gasteiger partial charge in [-0.1, -0.05) is 33.3 Å². The fourth-order valence-corrected chi connectivity index (χ4v) is 4.01. The Bertz CT molecular complexity index is 512. The molecule has 110 valence electrons. The second-order valence-corrected chi connectivity index (χ2v) is 8.37. The van der Waals surface area contributed by atoms with E-state index in [9.17, 15) is 0 Å². The van der Waals surface area contributed by atoms with Crippen molar-refractivity contribution in [3.8, 4) is 5.75 Å². The third-order valence-corrected chi connectivity index (χ3v) is 5.35. The lowest BCUT2D eigenvalue weighted by Crippen LogP contribution is -2.53. The average Bonchev–Trinajstić information content (AvgIpc) is 2.39. The maximum atomic E-state index is 6.44. The van der Waals surface area contributed by atoms with Gasteiger partial charge in [0.05, 0.1) is 3.57 Å². The third-order valence-electron chi connectivity index (χ3n) is 4.55. The lowest BCUT2D eigenvalue weighted by Gasteiger charge is -2.43. The molecule has 0 atom stereocenters. The molecule has 0 bridgehead atoms. The van der Waals surface area contributed by atoms with Crippen LogP contribution in [0.4, 0.5) is 0 Å². The summed E-state index contributed by atoms with van der Waals surface area (Å²) in [5.41, 5.74) is 2.81. The molecule has 1 N–H and O–H groups in total. The minimum absolute atomic E-state index is 0.0889. The summed E-state index contributed by atoms with van der Waals surface area (Å²) in [4.78, 5) is 0. The summed E-state index contributed by atoms with van der Waals surface area (Å²) >= 11 is 2.44. The molecule has 1 aromatic carbocycles. The molecule has 3 rings (SSSR count). The van der Waals surface area contributed by atoms with E-state index >= 15 is 0 Å². The molecule has 0 aromatic heterocycles. The summed E-state index contributed by atoms with van der Waals surface area (Å²) in [5.74, 6) is 1.12. The Labute approximate surface area is 135 Å². The highest BCUT2D eigenvalue weighted by Crippen LogP contribution is 2.40. The van der Waals surface area contributed by atoms with Crippen LogP contribution in [0.15, 0.2) is 12.1 Å². The van der Waals surface area contributed by atoms with Gasteiger partial charge < -0.3 is 4.74 Å². The first-order chi connectivity index (χ1) is 9.40. The smallest absolute Gasteiger partial charge is 0.161 e. The molecule has 0 unspecified atom stereocenters. The standard InChI is InChI=1S/C17H24INO/c1-16(2,3)13-9-12-11-19-17(7-5-4-6-8-17)20-15(12)14(18)10-13/h9-10,19H,4-8,11H2,1-3H3. The van der Waals surface area contributed by atoms with Gasteiger partial charge in [0.25, 0.3) is 0 Å². The van der Waals surface area contributed by atoms with Crippen molar-refractivity contribution >= 4 is 22.6 Å². The number of nitrogens with one attached hydrogen (secondary N) is 1. The summed E-state index contributed by atoms with van der Waals surface area (Å²) < 4.78 is 7.70. The Morgan fingerprint density at radius 1 is 1.15 bits per heavy atom. The van der Waals surface area contributed by atoms with Gasteiger partial charge in [0.1, 0.15) is 5.75 Å². The van der Waals surface area contributed by atoms with Crippen molar-refractivity contribution in [1.82, 2.24) is 5.32 Å². The molecule has 1 saturated carbocycles. The first-order valence-electron chi connectivity index (χ1n) is 7.67. The maximum absolute atomic E-state index is 6.44. The van der Waals surface area contributed by atoms with Gasteiger partial charge in [-0.3, -0.25) is 5.32 Å². The molecule has 0 saturated heterocycles. The molecule has 0 amide bonds. The highest BCUT2D eigenvalue weighted by atomic mass is 127. The van der Waals surface area contributed by atoms with Crippen LogP contribution in [0.3, 0.4) is 0 Å². The van der Waals surface area contributed by atoms with Crippen molar-refractivity contribution in [3.05, 3.63) is 26.8 Å². The van der Waals surface area contributed by atoms with Crippen molar-refractivity contribution in [3.63, 3.8) is 0 Å². The first kappa shape index (κ1) is 14.6. The van der Waals surface area contributed by atoms with E-state index in [1.807, 2.05) is 0 Å². The van der Waals surface area contributed by atoms with Crippen molar-refractivity contribution in [2.45, 2.75) is 70.6 Å². The fraction of sp³-hybridized carbons (Fsp3) is 0.647. The van der Waals surface area contributed by atoms with Gasteiger partial charge in [-0.15, -0.1) is 0 Å². The molecule has 0 radical (unpaired) electrons. The van der Waals surface area contributed by atoms with E-state index in [2.05, 4.69) is 60.8 Å². The summed E-state index contributed by atoms with van der Waals surface area (Å²) in [5, 5.41) is 3.67. The van der Waals surface area contributed by atoms with E-state index in [0.717, 1.165) is 25.1 Å². The van der Waals surface area contributed by atoms with Gasteiger partial charge in [0, 0.05) is 24.9 Å². The van der Waals surface area contributed by atoms with E-state index in [1.165, 1.54) is 34.0 Å². The van der Waals surface area contributed by atoms with Crippen LogP contribution in [0.25, 0.3) is 0 Å². The predicted octanol–water partition coefficient (Wildman–Crippen LogP) is 4.73. The number of rotatable bonds is 0. The predicted molar refractivity (Wildman–Crippen MR) is 91.1 cm³/mol. The molecular weight excluding hydrogens is 361 g/mol. The minimum atomic E-state index is -0.0889. The average molecular weight is 385 g/mol. The van der Waals surface area contributed by atoms with Crippen molar-refractivity contribution in [2.24, 2.45) is 0 Å². The van der Waals surface area contributed by atoms with Crippen molar-refractivity contribution < 1.29 is 4.74 Å². The molecule has 2 aliphatic rings. The molecule has 1 aliphatic heterocycles. The zero-order valence-electron chi connectivity index (χ0n) is 12.7. The SMILES string of the molecule is CC(C)(C)c1cc(I)c2c(c1)CNC1(CCCCC1)O2. The monoisotopic (exact) mass is 385 g/mol. The molecule has 2 nitrogen and oxygen atoms in total. The Morgan fingerprint density at radius 2 is 1.85 bits per heavy atom. The number of fused-ring (bicyclic) bond motifs is 1. The summed E-state index contributed by atoms with van der Waals surface area (Å²) in [6.45, 7) is 7.74. The molecule has 1 aromatic rings. The first-order valence-corrected chi connectivity index (χ1v) is 8.74. The van der Waals surface area contributed by atoms with Gasteiger partial charge in [0.2, 0.25) is 0 Å². The highest BCUT2D eigenvalue weighted by Gasteiger charge is 2.38. The zero-order valence-corrected chi connectivity index (χ0v) is 14.8. The maximum Gasteiger partial charge on any atom is 0.161 e. The van der Waals surface area contributed by atoms with E-state index < -0.39 is 0 Å².